The van der Waals surface area contributed by atoms with Crippen LogP contribution >= 0.6 is 0 Å². The summed E-state index contributed by atoms with van der Waals surface area (Å²) >= 11 is 0. The molecule has 5 heteroatoms. The van der Waals surface area contributed by atoms with Crippen molar-refractivity contribution < 1.29 is 9.53 Å². The molecule has 0 saturated carbocycles. The average Bonchev–Trinajstić information content (AvgIpc) is 2.46. The number of hydrogen-bond donors (Lipinski definition) is 0. The van der Waals surface area contributed by atoms with Gasteiger partial charge in [0, 0.05) is 37.5 Å². The minimum atomic E-state index is -0.121. The first-order valence-electron chi connectivity index (χ1n) is 6.25. The molecule has 0 atom stereocenters. The van der Waals surface area contributed by atoms with Crippen LogP contribution in [0, 0.1) is 11.3 Å². The summed E-state index contributed by atoms with van der Waals surface area (Å²) in [6.45, 7) is 2.65. The summed E-state index contributed by atoms with van der Waals surface area (Å²) in [6.07, 6.45) is 3.67. The SMILES string of the molecule is N#CC1=C(N2CCOCC2)c2ccncc2CC1=O. The first-order valence-corrected chi connectivity index (χ1v) is 6.25. The van der Waals surface area contributed by atoms with Crippen molar-refractivity contribution >= 4 is 11.5 Å². The number of hydrogen-bond acceptors (Lipinski definition) is 5. The van der Waals surface area contributed by atoms with Gasteiger partial charge in [0.2, 0.25) is 0 Å². The normalized spacial score (nSPS) is 19.1. The molecule has 0 amide bonds. The second-order valence-corrected chi connectivity index (χ2v) is 4.57. The molecule has 19 heavy (non-hydrogen) atoms. The fourth-order valence-corrected chi connectivity index (χ4v) is 2.56. The van der Waals surface area contributed by atoms with Gasteiger partial charge in [0.05, 0.1) is 18.9 Å². The molecular weight excluding hydrogens is 242 g/mol. The van der Waals surface area contributed by atoms with Crippen LogP contribution in [0.5, 0.6) is 0 Å². The number of nitrogens with zero attached hydrogens (tertiary/aromatic N) is 3. The van der Waals surface area contributed by atoms with Gasteiger partial charge in [0.25, 0.3) is 0 Å². The fraction of sp³-hybridized carbons (Fsp3) is 0.357. The van der Waals surface area contributed by atoms with E-state index in [9.17, 15) is 10.1 Å². The Labute approximate surface area is 111 Å². The van der Waals surface area contributed by atoms with Crippen LogP contribution in [-0.2, 0) is 16.0 Å². The van der Waals surface area contributed by atoms with Crippen LogP contribution in [0.15, 0.2) is 24.0 Å². The predicted octanol–water partition coefficient (Wildman–Crippen LogP) is 0.774. The zero-order valence-corrected chi connectivity index (χ0v) is 10.4. The summed E-state index contributed by atoms with van der Waals surface area (Å²) in [5.41, 5.74) is 2.86. The molecule has 2 aliphatic rings. The highest BCUT2D eigenvalue weighted by molar-refractivity contribution is 6.09. The third-order valence-corrected chi connectivity index (χ3v) is 3.46. The third kappa shape index (κ3) is 2.00. The highest BCUT2D eigenvalue weighted by Crippen LogP contribution is 2.31. The summed E-state index contributed by atoms with van der Waals surface area (Å²) in [5, 5.41) is 9.29. The number of ether oxygens (including phenoxy) is 1. The van der Waals surface area contributed by atoms with Gasteiger partial charge in [-0.05, 0) is 11.6 Å². The molecule has 0 bridgehead atoms. The Kier molecular flexibility index (Phi) is 3.02. The van der Waals surface area contributed by atoms with Gasteiger partial charge in [0.1, 0.15) is 11.6 Å². The average molecular weight is 255 g/mol. The third-order valence-electron chi connectivity index (χ3n) is 3.46. The van der Waals surface area contributed by atoms with Crippen LogP contribution < -0.4 is 0 Å². The van der Waals surface area contributed by atoms with E-state index in [1.54, 1.807) is 12.4 Å². The van der Waals surface area contributed by atoms with Crippen molar-refractivity contribution in [2.75, 3.05) is 26.3 Å². The van der Waals surface area contributed by atoms with Gasteiger partial charge in [0.15, 0.2) is 5.78 Å². The lowest BCUT2D eigenvalue weighted by molar-refractivity contribution is -0.114. The van der Waals surface area contributed by atoms with Crippen LogP contribution in [0.3, 0.4) is 0 Å². The molecule has 5 nitrogen and oxygen atoms in total. The van der Waals surface area contributed by atoms with Gasteiger partial charge in [-0.1, -0.05) is 0 Å². The van der Waals surface area contributed by atoms with Gasteiger partial charge < -0.3 is 9.64 Å². The minimum absolute atomic E-state index is 0.121. The van der Waals surface area contributed by atoms with Crippen molar-refractivity contribution in [2.24, 2.45) is 0 Å². The van der Waals surface area contributed by atoms with Crippen LogP contribution in [0.25, 0.3) is 5.70 Å². The van der Waals surface area contributed by atoms with Crippen molar-refractivity contribution in [1.29, 1.82) is 5.26 Å². The summed E-state index contributed by atoms with van der Waals surface area (Å²) in [6, 6.07) is 3.95. The predicted molar refractivity (Wildman–Crippen MR) is 67.9 cm³/mol. The number of pyridine rings is 1. The molecule has 1 aliphatic carbocycles. The molecule has 0 N–H and O–H groups in total. The van der Waals surface area contributed by atoms with Crippen LogP contribution in [0.1, 0.15) is 11.1 Å². The van der Waals surface area contributed by atoms with Gasteiger partial charge in [-0.3, -0.25) is 9.78 Å². The Morgan fingerprint density at radius 2 is 2.16 bits per heavy atom. The van der Waals surface area contributed by atoms with Crippen molar-refractivity contribution in [2.45, 2.75) is 6.42 Å². The number of nitriles is 1. The van der Waals surface area contributed by atoms with E-state index < -0.39 is 0 Å². The highest BCUT2D eigenvalue weighted by Gasteiger charge is 2.29. The Morgan fingerprint density at radius 1 is 1.37 bits per heavy atom. The highest BCUT2D eigenvalue weighted by atomic mass is 16.5. The smallest absolute Gasteiger partial charge is 0.179 e. The Hall–Kier alpha value is -2.19. The van der Waals surface area contributed by atoms with Gasteiger partial charge in [-0.25, -0.2) is 0 Å². The molecule has 0 spiro atoms. The van der Waals surface area contributed by atoms with Gasteiger partial charge in [-0.2, -0.15) is 5.26 Å². The molecular formula is C14H13N3O2. The second kappa shape index (κ2) is 4.82. The maximum atomic E-state index is 12.1. The molecule has 2 heterocycles. The lowest BCUT2D eigenvalue weighted by atomic mass is 9.89. The molecule has 1 aromatic rings. The lowest BCUT2D eigenvalue weighted by Gasteiger charge is -2.34. The number of rotatable bonds is 1. The Morgan fingerprint density at radius 3 is 2.89 bits per heavy atom. The molecule has 1 aliphatic heterocycles. The van der Waals surface area contributed by atoms with E-state index in [0.29, 0.717) is 26.3 Å². The van der Waals surface area contributed by atoms with Crippen LogP contribution in [-0.4, -0.2) is 42.0 Å². The fourth-order valence-electron chi connectivity index (χ4n) is 2.56. The number of allylic oxidation sites excluding steroid dienone is 1. The number of morpholine rings is 1. The number of ketones is 1. The maximum absolute atomic E-state index is 12.1. The topological polar surface area (TPSA) is 66.2 Å². The van der Waals surface area contributed by atoms with E-state index in [1.165, 1.54) is 0 Å². The van der Waals surface area contributed by atoms with E-state index >= 15 is 0 Å². The molecule has 1 aromatic heterocycles. The minimum Gasteiger partial charge on any atom is -0.378 e. The summed E-state index contributed by atoms with van der Waals surface area (Å²) in [4.78, 5) is 18.2. The number of carbonyl (C=O) groups excluding carboxylic acids is 1. The lowest BCUT2D eigenvalue weighted by Crippen LogP contribution is -2.37. The zero-order chi connectivity index (χ0) is 13.2. The van der Waals surface area contributed by atoms with E-state index in [4.69, 9.17) is 4.74 Å². The first-order chi connectivity index (χ1) is 9.31. The number of Topliss-reactive ketones (excluding diaryl/α,β-unsaturated/α-hetero) is 1. The van der Waals surface area contributed by atoms with Crippen molar-refractivity contribution in [1.82, 2.24) is 9.88 Å². The number of aromatic nitrogens is 1. The van der Waals surface area contributed by atoms with Gasteiger partial charge in [-0.15, -0.1) is 0 Å². The molecule has 0 radical (unpaired) electrons. The van der Waals surface area contributed by atoms with Crippen LogP contribution in [0.2, 0.25) is 0 Å². The van der Waals surface area contributed by atoms with E-state index in [1.807, 2.05) is 6.07 Å². The van der Waals surface area contributed by atoms with Gasteiger partial charge >= 0.3 is 0 Å². The Balaban J connectivity index is 2.14. The first kappa shape index (κ1) is 11.9. The molecule has 1 saturated heterocycles. The van der Waals surface area contributed by atoms with E-state index in [2.05, 4.69) is 16.0 Å². The monoisotopic (exact) mass is 255 g/mol. The number of carbonyl (C=O) groups is 1. The molecule has 3 rings (SSSR count). The zero-order valence-electron chi connectivity index (χ0n) is 10.4. The van der Waals surface area contributed by atoms with E-state index in [0.717, 1.165) is 16.8 Å². The summed E-state index contributed by atoms with van der Waals surface area (Å²) in [7, 11) is 0. The maximum Gasteiger partial charge on any atom is 0.179 e. The molecule has 0 unspecified atom stereocenters. The second-order valence-electron chi connectivity index (χ2n) is 4.57. The van der Waals surface area contributed by atoms with Crippen molar-refractivity contribution in [3.8, 4) is 6.07 Å². The standard InChI is InChI=1S/C14H13N3O2/c15-8-12-13(18)7-10-9-16-2-1-11(10)14(12)17-3-5-19-6-4-17/h1-2,9H,3-7H2. The summed E-state index contributed by atoms with van der Waals surface area (Å²) in [5.74, 6) is -0.121. The number of fused-ring (bicyclic) bond motifs is 1. The van der Waals surface area contributed by atoms with Crippen LogP contribution in [0.4, 0.5) is 0 Å². The quantitative estimate of drug-likeness (QED) is 0.741. The molecule has 0 aromatic carbocycles. The molecule has 1 fully saturated rings. The van der Waals surface area contributed by atoms with Crippen molar-refractivity contribution in [3.05, 3.63) is 35.2 Å². The largest absolute Gasteiger partial charge is 0.378 e. The van der Waals surface area contributed by atoms with Crippen molar-refractivity contribution in [3.63, 3.8) is 0 Å². The van der Waals surface area contributed by atoms with E-state index in [-0.39, 0.29) is 17.8 Å². The Bertz CT molecular complexity index is 595. The summed E-state index contributed by atoms with van der Waals surface area (Å²) < 4.78 is 5.33. The molecule has 96 valence electrons.